The van der Waals surface area contributed by atoms with Gasteiger partial charge in [0.1, 0.15) is 17.7 Å². The van der Waals surface area contributed by atoms with Crippen LogP contribution in [0.1, 0.15) is 45.1 Å². The van der Waals surface area contributed by atoms with Crippen LogP contribution in [0.3, 0.4) is 0 Å². The van der Waals surface area contributed by atoms with E-state index in [1.54, 1.807) is 6.20 Å². The number of hydrogen-bond donors (Lipinski definition) is 2. The summed E-state index contributed by atoms with van der Waals surface area (Å²) in [5.74, 6) is 1.79. The summed E-state index contributed by atoms with van der Waals surface area (Å²) in [7, 11) is 0. The summed E-state index contributed by atoms with van der Waals surface area (Å²) in [6, 6.07) is 70.2. The van der Waals surface area contributed by atoms with Crippen molar-refractivity contribution in [1.82, 2.24) is 0 Å². The summed E-state index contributed by atoms with van der Waals surface area (Å²) < 4.78 is 6.52. The van der Waals surface area contributed by atoms with Crippen LogP contribution in [0, 0.1) is 0 Å². The van der Waals surface area contributed by atoms with Gasteiger partial charge in [-0.15, -0.1) is 0 Å². The molecule has 4 nitrogen and oxygen atoms in total. The molecule has 0 bridgehead atoms. The molecule has 4 N–H and O–H groups in total. The van der Waals surface area contributed by atoms with E-state index >= 15 is 0 Å². The molecule has 1 heterocycles. The van der Waals surface area contributed by atoms with Crippen molar-refractivity contribution in [1.29, 1.82) is 0 Å². The molecule has 10 rings (SSSR count). The Balaban J connectivity index is 0.987. The number of hydrogen-bond acceptors (Lipinski definition) is 4. The third-order valence-electron chi connectivity index (χ3n) is 11.7. The highest BCUT2D eigenvalue weighted by Gasteiger charge is 2.50. The zero-order chi connectivity index (χ0) is 39.8. The summed E-state index contributed by atoms with van der Waals surface area (Å²) in [5, 5.41) is 0. The number of allylic oxidation sites excluding steroid dienone is 3. The third-order valence-corrected chi connectivity index (χ3v) is 11.7. The van der Waals surface area contributed by atoms with Gasteiger partial charge in [0.25, 0.3) is 0 Å². The van der Waals surface area contributed by atoms with Crippen LogP contribution in [0.25, 0.3) is 44.5 Å². The smallest absolute Gasteiger partial charge is 0.132 e. The van der Waals surface area contributed by atoms with Crippen molar-refractivity contribution in [3.63, 3.8) is 0 Å². The van der Waals surface area contributed by atoms with Crippen LogP contribution in [0.15, 0.2) is 217 Å². The Bertz CT molecular complexity index is 2900. The van der Waals surface area contributed by atoms with Gasteiger partial charge in [0, 0.05) is 29.1 Å². The number of fused-ring (bicyclic) bond motifs is 9. The molecule has 0 amide bonds. The molecule has 282 valence electrons. The molecule has 1 aliphatic carbocycles. The lowest BCUT2D eigenvalue weighted by Crippen LogP contribution is -2.32. The van der Waals surface area contributed by atoms with Gasteiger partial charge in [-0.05, 0) is 103 Å². The first kappa shape index (κ1) is 35.9. The SMILES string of the molecule is N\C=C(/C=C(\C=N\C(N)c1cccc(-c2cccc(-c3ccc4c(c3)-c3ccccc3C43c4ccccc4Oc4ccccc43)c2)c1)c1ccccc1)c1ccccc1. The molecule has 8 aromatic carbocycles. The Labute approximate surface area is 345 Å². The first-order valence-corrected chi connectivity index (χ1v) is 20.0. The fourth-order valence-electron chi connectivity index (χ4n) is 8.92. The molecular formula is C55H41N3O. The van der Waals surface area contributed by atoms with Crippen molar-refractivity contribution in [3.05, 3.63) is 251 Å². The van der Waals surface area contributed by atoms with Crippen LogP contribution in [0.2, 0.25) is 0 Å². The number of nitrogens with zero attached hydrogens (tertiary/aromatic N) is 1. The highest BCUT2D eigenvalue weighted by atomic mass is 16.5. The molecule has 2 aliphatic rings. The summed E-state index contributed by atoms with van der Waals surface area (Å²) in [6.45, 7) is 0. The molecule has 59 heavy (non-hydrogen) atoms. The monoisotopic (exact) mass is 759 g/mol. The minimum Gasteiger partial charge on any atom is -0.457 e. The van der Waals surface area contributed by atoms with E-state index in [9.17, 15) is 0 Å². The molecule has 0 saturated carbocycles. The van der Waals surface area contributed by atoms with E-state index in [-0.39, 0.29) is 0 Å². The first-order valence-electron chi connectivity index (χ1n) is 20.0. The molecular weight excluding hydrogens is 719 g/mol. The maximum Gasteiger partial charge on any atom is 0.132 e. The van der Waals surface area contributed by atoms with E-state index in [4.69, 9.17) is 21.2 Å². The fourth-order valence-corrected chi connectivity index (χ4v) is 8.92. The van der Waals surface area contributed by atoms with Gasteiger partial charge in [0.05, 0.1) is 5.41 Å². The molecule has 4 heteroatoms. The Morgan fingerprint density at radius 3 is 1.66 bits per heavy atom. The Morgan fingerprint density at radius 2 is 1.00 bits per heavy atom. The van der Waals surface area contributed by atoms with Crippen molar-refractivity contribution < 1.29 is 4.74 Å². The summed E-state index contributed by atoms with van der Waals surface area (Å²) >= 11 is 0. The third kappa shape index (κ3) is 6.27. The van der Waals surface area contributed by atoms with Gasteiger partial charge in [0.15, 0.2) is 0 Å². The van der Waals surface area contributed by atoms with Crippen LogP contribution in [-0.2, 0) is 5.41 Å². The second-order valence-electron chi connectivity index (χ2n) is 15.0. The number of rotatable bonds is 8. The Morgan fingerprint density at radius 1 is 0.475 bits per heavy atom. The average Bonchev–Trinajstić information content (AvgIpc) is 3.59. The summed E-state index contributed by atoms with van der Waals surface area (Å²) in [4.78, 5) is 4.88. The molecule has 0 saturated heterocycles. The molecule has 0 fully saturated rings. The van der Waals surface area contributed by atoms with Gasteiger partial charge in [-0.25, -0.2) is 0 Å². The van der Waals surface area contributed by atoms with Gasteiger partial charge in [0.2, 0.25) is 0 Å². The topological polar surface area (TPSA) is 73.6 Å². The zero-order valence-corrected chi connectivity index (χ0v) is 32.4. The van der Waals surface area contributed by atoms with Crippen LogP contribution in [0.5, 0.6) is 11.5 Å². The first-order chi connectivity index (χ1) is 29.1. The summed E-state index contributed by atoms with van der Waals surface area (Å²) in [5.41, 5.74) is 29.1. The molecule has 1 unspecified atom stereocenters. The van der Waals surface area contributed by atoms with Crippen molar-refractivity contribution in [3.8, 4) is 44.9 Å². The highest BCUT2D eigenvalue weighted by molar-refractivity contribution is 6.13. The van der Waals surface area contributed by atoms with Crippen molar-refractivity contribution >= 4 is 17.4 Å². The van der Waals surface area contributed by atoms with E-state index in [0.717, 1.165) is 61.6 Å². The molecule has 1 spiro atoms. The van der Waals surface area contributed by atoms with E-state index in [2.05, 4.69) is 152 Å². The van der Waals surface area contributed by atoms with Crippen molar-refractivity contribution in [2.45, 2.75) is 11.6 Å². The number of benzene rings is 8. The molecule has 0 radical (unpaired) electrons. The maximum atomic E-state index is 6.80. The lowest BCUT2D eigenvalue weighted by atomic mass is 9.66. The number of aliphatic imine (C=N–C) groups is 1. The molecule has 8 aromatic rings. The molecule has 1 atom stereocenters. The minimum atomic E-state index is -0.572. The van der Waals surface area contributed by atoms with Crippen molar-refractivity contribution in [2.75, 3.05) is 0 Å². The molecule has 0 aromatic heterocycles. The number of ether oxygens (including phenoxy) is 1. The standard InChI is InChI=1S/C55H41N3O/c56-35-44(37-15-3-1-4-16-37)33-45(38-17-5-2-6-18-38)36-58-54(57)43-22-14-21-41(32-43)39-19-13-20-40(31-39)42-29-30-49-47(34-42)46-23-7-8-24-48(46)55(49)50-25-9-11-27-52(50)59-53-28-12-10-26-51(53)55/h1-36,54H,56-57H2/b44-35+,45-33+,58-36+. The second kappa shape index (κ2) is 15.1. The summed E-state index contributed by atoms with van der Waals surface area (Å²) in [6.07, 6.45) is 4.97. The van der Waals surface area contributed by atoms with Gasteiger partial charge < -0.3 is 16.2 Å². The largest absolute Gasteiger partial charge is 0.457 e. The number of nitrogens with two attached hydrogens (primary N) is 2. The van der Waals surface area contributed by atoms with Gasteiger partial charge >= 0.3 is 0 Å². The highest BCUT2D eigenvalue weighted by Crippen LogP contribution is 2.62. The quantitative estimate of drug-likeness (QED) is 0.120. The predicted molar refractivity (Wildman–Crippen MR) is 243 cm³/mol. The lowest BCUT2D eigenvalue weighted by Gasteiger charge is -2.39. The fraction of sp³-hybridized carbons (Fsp3) is 0.0364. The zero-order valence-electron chi connectivity index (χ0n) is 32.4. The van der Waals surface area contributed by atoms with E-state index in [0.29, 0.717) is 0 Å². The van der Waals surface area contributed by atoms with E-state index in [1.165, 1.54) is 33.4 Å². The number of para-hydroxylation sites is 2. The lowest BCUT2D eigenvalue weighted by molar-refractivity contribution is 0.436. The maximum absolute atomic E-state index is 6.80. The molecule has 1 aliphatic heterocycles. The van der Waals surface area contributed by atoms with E-state index in [1.807, 2.05) is 60.8 Å². The predicted octanol–water partition coefficient (Wildman–Crippen LogP) is 12.6. The Hall–Kier alpha value is -7.53. The minimum absolute atomic E-state index is 0.484. The van der Waals surface area contributed by atoms with E-state index < -0.39 is 11.6 Å². The van der Waals surface area contributed by atoms with Crippen LogP contribution >= 0.6 is 0 Å². The average molecular weight is 760 g/mol. The van der Waals surface area contributed by atoms with Gasteiger partial charge in [-0.1, -0.05) is 170 Å². The van der Waals surface area contributed by atoms with Crippen LogP contribution < -0.4 is 16.2 Å². The van der Waals surface area contributed by atoms with Crippen LogP contribution in [-0.4, -0.2) is 6.21 Å². The second-order valence-corrected chi connectivity index (χ2v) is 15.0. The van der Waals surface area contributed by atoms with Gasteiger partial charge in [-0.2, -0.15) is 0 Å². The Kier molecular flexibility index (Phi) is 9.17. The van der Waals surface area contributed by atoms with Gasteiger partial charge in [-0.3, -0.25) is 4.99 Å². The van der Waals surface area contributed by atoms with Crippen molar-refractivity contribution in [2.24, 2.45) is 16.5 Å². The van der Waals surface area contributed by atoms with Crippen LogP contribution in [0.4, 0.5) is 0 Å². The normalized spacial score (nSPS) is 14.3.